The van der Waals surface area contributed by atoms with E-state index in [4.69, 9.17) is 19.3 Å². The third-order valence-electron chi connectivity index (χ3n) is 8.25. The number of nitrogens with one attached hydrogen (secondary N) is 3. The fourth-order valence-electron chi connectivity index (χ4n) is 5.17. The van der Waals surface area contributed by atoms with Crippen LogP contribution < -0.4 is 16.0 Å². The summed E-state index contributed by atoms with van der Waals surface area (Å²) in [6.45, 7) is 15.2. The van der Waals surface area contributed by atoms with Crippen molar-refractivity contribution in [1.29, 1.82) is 0 Å². The first kappa shape index (κ1) is 44.8. The fourth-order valence-corrected chi connectivity index (χ4v) is 5.17. The molecule has 0 aliphatic rings. The summed E-state index contributed by atoms with van der Waals surface area (Å²) in [6, 6.07) is 0. The van der Waals surface area contributed by atoms with Gasteiger partial charge in [0.25, 0.3) is 0 Å². The van der Waals surface area contributed by atoms with Crippen molar-refractivity contribution in [3.63, 3.8) is 0 Å². The van der Waals surface area contributed by atoms with Gasteiger partial charge in [0.1, 0.15) is 0 Å². The number of ether oxygens (including phenoxy) is 3. The highest BCUT2D eigenvalue weighted by molar-refractivity contribution is 5.83. The number of carboxylic acid groups (broad SMARTS) is 1. The molecule has 0 spiro atoms. The molecule has 0 aromatic heterocycles. The van der Waals surface area contributed by atoms with E-state index in [-0.39, 0.29) is 43.4 Å². The first-order valence-corrected chi connectivity index (χ1v) is 18.2. The predicted octanol–water partition coefficient (Wildman–Crippen LogP) is 5.50. The number of hydrogen-bond acceptors (Lipinski definition) is 7. The van der Waals surface area contributed by atoms with Crippen LogP contribution in [0, 0.1) is 23.7 Å². The highest BCUT2D eigenvalue weighted by atomic mass is 16.5. The summed E-state index contributed by atoms with van der Waals surface area (Å²) in [5, 5.41) is 16.8. The Morgan fingerprint density at radius 3 is 1.21 bits per heavy atom. The second-order valence-electron chi connectivity index (χ2n) is 13.6. The highest BCUT2D eigenvalue weighted by Gasteiger charge is 2.10. The van der Waals surface area contributed by atoms with Crippen molar-refractivity contribution in [3.8, 4) is 0 Å². The number of carbonyl (C=O) groups excluding carboxylic acids is 3. The second kappa shape index (κ2) is 31.1. The lowest BCUT2D eigenvalue weighted by molar-refractivity contribution is -0.138. The molecule has 3 atom stereocenters. The molecule has 0 aliphatic heterocycles. The van der Waals surface area contributed by atoms with Gasteiger partial charge in [-0.2, -0.15) is 0 Å². The van der Waals surface area contributed by atoms with Crippen LogP contribution in [0.15, 0.2) is 0 Å². The van der Waals surface area contributed by atoms with Gasteiger partial charge in [-0.3, -0.25) is 19.2 Å². The maximum atomic E-state index is 12.1. The number of aliphatic carboxylic acids is 1. The first-order chi connectivity index (χ1) is 22.5. The van der Waals surface area contributed by atoms with E-state index in [2.05, 4.69) is 50.6 Å². The average molecular weight is 672 g/mol. The van der Waals surface area contributed by atoms with Gasteiger partial charge < -0.3 is 35.3 Å². The molecule has 4 N–H and O–H groups in total. The van der Waals surface area contributed by atoms with E-state index >= 15 is 0 Å². The molecule has 0 radical (unpaired) electrons. The quantitative estimate of drug-likeness (QED) is 0.0668. The van der Waals surface area contributed by atoms with E-state index in [0.717, 1.165) is 24.2 Å². The Bertz CT molecular complexity index is 811. The molecule has 0 bridgehead atoms. The zero-order valence-corrected chi connectivity index (χ0v) is 30.4. The Morgan fingerprint density at radius 2 is 0.809 bits per heavy atom. The van der Waals surface area contributed by atoms with Crippen LogP contribution in [0.1, 0.15) is 125 Å². The normalized spacial score (nSPS) is 13.2. The molecule has 0 saturated heterocycles. The standard InChI is InChI=1S/C36H69N3O8/c1-29(2)9-6-10-30(3)11-7-12-31(4)13-8-14-32(5)19-20-37-33(40)15-16-34(41)38-21-23-45-25-27-47-28-26-46-24-22-39-35(42)17-18-36(43)44/h29-32H,6-28H2,1-5H3,(H,37,40)(H,38,41)(H,39,42)(H,43,44). The third kappa shape index (κ3) is 33.5. The Balaban J connectivity index is 3.55. The van der Waals surface area contributed by atoms with E-state index in [1.165, 1.54) is 57.8 Å². The molecule has 47 heavy (non-hydrogen) atoms. The van der Waals surface area contributed by atoms with E-state index in [1.54, 1.807) is 0 Å². The van der Waals surface area contributed by atoms with Crippen LogP contribution in [-0.2, 0) is 33.4 Å². The van der Waals surface area contributed by atoms with Crippen LogP contribution in [0.2, 0.25) is 0 Å². The zero-order valence-electron chi connectivity index (χ0n) is 30.4. The monoisotopic (exact) mass is 672 g/mol. The number of hydrogen-bond donors (Lipinski definition) is 4. The van der Waals surface area contributed by atoms with Gasteiger partial charge in [0.15, 0.2) is 0 Å². The van der Waals surface area contributed by atoms with Gasteiger partial charge in [0.2, 0.25) is 17.7 Å². The van der Waals surface area contributed by atoms with Crippen molar-refractivity contribution in [1.82, 2.24) is 16.0 Å². The molecule has 276 valence electrons. The van der Waals surface area contributed by atoms with Gasteiger partial charge in [0.05, 0.1) is 46.1 Å². The van der Waals surface area contributed by atoms with Gasteiger partial charge in [-0.1, -0.05) is 92.4 Å². The summed E-state index contributed by atoms with van der Waals surface area (Å²) in [5.74, 6) is 1.47. The summed E-state index contributed by atoms with van der Waals surface area (Å²) >= 11 is 0. The molecule has 3 amide bonds. The van der Waals surface area contributed by atoms with Crippen molar-refractivity contribution in [2.75, 3.05) is 59.3 Å². The summed E-state index contributed by atoms with van der Waals surface area (Å²) in [4.78, 5) is 45.9. The maximum absolute atomic E-state index is 12.1. The molecule has 0 heterocycles. The minimum atomic E-state index is -1.00. The molecule has 0 aliphatic carbocycles. The number of carbonyl (C=O) groups is 4. The predicted molar refractivity (Wildman–Crippen MR) is 186 cm³/mol. The summed E-state index contributed by atoms with van der Waals surface area (Å²) in [5.41, 5.74) is 0. The average Bonchev–Trinajstić information content (AvgIpc) is 3.01. The van der Waals surface area contributed by atoms with Gasteiger partial charge in [-0.05, 0) is 30.1 Å². The van der Waals surface area contributed by atoms with Crippen LogP contribution in [-0.4, -0.2) is 88.1 Å². The van der Waals surface area contributed by atoms with Crippen LogP contribution in [0.3, 0.4) is 0 Å². The van der Waals surface area contributed by atoms with Gasteiger partial charge >= 0.3 is 5.97 Å². The van der Waals surface area contributed by atoms with Crippen molar-refractivity contribution < 1.29 is 38.5 Å². The molecule has 0 saturated carbocycles. The van der Waals surface area contributed by atoms with Crippen molar-refractivity contribution in [3.05, 3.63) is 0 Å². The van der Waals surface area contributed by atoms with E-state index in [0.29, 0.717) is 65.2 Å². The van der Waals surface area contributed by atoms with Crippen LogP contribution in [0.5, 0.6) is 0 Å². The Labute approximate surface area is 285 Å². The molecule has 11 heteroatoms. The van der Waals surface area contributed by atoms with Crippen molar-refractivity contribution in [2.24, 2.45) is 23.7 Å². The number of carboxylic acids is 1. The van der Waals surface area contributed by atoms with Crippen molar-refractivity contribution in [2.45, 2.75) is 125 Å². The highest BCUT2D eigenvalue weighted by Crippen LogP contribution is 2.22. The minimum Gasteiger partial charge on any atom is -0.481 e. The van der Waals surface area contributed by atoms with Gasteiger partial charge in [-0.25, -0.2) is 0 Å². The molecule has 0 rings (SSSR count). The fraction of sp³-hybridized carbons (Fsp3) is 0.889. The van der Waals surface area contributed by atoms with E-state index in [9.17, 15) is 19.2 Å². The minimum absolute atomic E-state index is 0.0443. The summed E-state index contributed by atoms with van der Waals surface area (Å²) in [7, 11) is 0. The van der Waals surface area contributed by atoms with E-state index < -0.39 is 5.97 Å². The Morgan fingerprint density at radius 1 is 0.468 bits per heavy atom. The smallest absolute Gasteiger partial charge is 0.303 e. The lowest BCUT2D eigenvalue weighted by Gasteiger charge is -2.16. The zero-order chi connectivity index (χ0) is 35.1. The molecular formula is C36H69N3O8. The third-order valence-corrected chi connectivity index (χ3v) is 8.25. The lowest BCUT2D eigenvalue weighted by Crippen LogP contribution is -2.30. The topological polar surface area (TPSA) is 152 Å². The Hall–Kier alpha value is -2.24. The Kier molecular flexibility index (Phi) is 29.6. The number of amides is 3. The van der Waals surface area contributed by atoms with Crippen LogP contribution in [0.25, 0.3) is 0 Å². The second-order valence-corrected chi connectivity index (χ2v) is 13.6. The van der Waals surface area contributed by atoms with Crippen LogP contribution >= 0.6 is 0 Å². The molecule has 0 aromatic rings. The number of rotatable bonds is 33. The largest absolute Gasteiger partial charge is 0.481 e. The van der Waals surface area contributed by atoms with Crippen molar-refractivity contribution >= 4 is 23.7 Å². The first-order valence-electron chi connectivity index (χ1n) is 18.2. The van der Waals surface area contributed by atoms with Gasteiger partial charge in [-0.15, -0.1) is 0 Å². The maximum Gasteiger partial charge on any atom is 0.303 e. The summed E-state index contributed by atoms with van der Waals surface area (Å²) < 4.78 is 16.2. The summed E-state index contributed by atoms with van der Waals surface area (Å²) in [6.07, 6.45) is 12.9. The molecule has 0 aromatic carbocycles. The molecule has 11 nitrogen and oxygen atoms in total. The molecular weight excluding hydrogens is 602 g/mol. The van der Waals surface area contributed by atoms with E-state index in [1.807, 2.05) is 0 Å². The lowest BCUT2D eigenvalue weighted by atomic mass is 9.91. The SMILES string of the molecule is CC(C)CCCC(C)CCCC(C)CCCC(C)CCNC(=O)CCC(=O)NCCOCCOCCOCCNC(=O)CCC(=O)O. The molecule has 0 fully saturated rings. The van der Waals surface area contributed by atoms with Gasteiger partial charge in [0, 0.05) is 38.9 Å². The van der Waals surface area contributed by atoms with Crippen LogP contribution in [0.4, 0.5) is 0 Å². The molecule has 3 unspecified atom stereocenters.